The fourth-order valence-corrected chi connectivity index (χ4v) is 4.57. The summed E-state index contributed by atoms with van der Waals surface area (Å²) in [6.07, 6.45) is 0. The molecule has 186 valence electrons. The van der Waals surface area contributed by atoms with Gasteiger partial charge in [0.15, 0.2) is 11.3 Å². The number of carbonyl (C=O) groups excluding carboxylic acids is 2. The number of piperazine rings is 1. The molecule has 2 aromatic heterocycles. The average molecular weight is 482 g/mol. The van der Waals surface area contributed by atoms with Crippen molar-refractivity contribution in [1.29, 1.82) is 0 Å². The van der Waals surface area contributed by atoms with Gasteiger partial charge in [-0.15, -0.1) is 0 Å². The number of halogens is 1. The van der Waals surface area contributed by atoms with Crippen LogP contribution in [0.4, 0.5) is 4.39 Å². The van der Waals surface area contributed by atoms with Crippen molar-refractivity contribution in [2.75, 3.05) is 19.6 Å². The first-order valence-electron chi connectivity index (χ1n) is 11.8. The van der Waals surface area contributed by atoms with Crippen LogP contribution in [0.15, 0.2) is 40.8 Å². The van der Waals surface area contributed by atoms with Gasteiger partial charge in [0.1, 0.15) is 16.9 Å². The number of aromatic nitrogens is 1. The molecule has 1 fully saturated rings. The largest absolute Gasteiger partial charge is 0.449 e. The van der Waals surface area contributed by atoms with Crippen molar-refractivity contribution in [1.82, 2.24) is 14.8 Å². The van der Waals surface area contributed by atoms with Crippen molar-refractivity contribution in [3.63, 3.8) is 0 Å². The number of nitrogens with zero attached hydrogens (tertiary/aromatic N) is 3. The van der Waals surface area contributed by atoms with E-state index in [2.05, 4.69) is 0 Å². The summed E-state index contributed by atoms with van der Waals surface area (Å²) < 4.78 is 19.5. The first-order chi connectivity index (χ1) is 16.3. The topological polar surface area (TPSA) is 86.9 Å². The van der Waals surface area contributed by atoms with E-state index in [1.165, 1.54) is 26.0 Å². The Labute approximate surface area is 204 Å². The highest BCUT2D eigenvalue weighted by Crippen LogP contribution is 2.33. The van der Waals surface area contributed by atoms with Gasteiger partial charge in [-0.25, -0.2) is 9.37 Å². The minimum atomic E-state index is -1.47. The summed E-state index contributed by atoms with van der Waals surface area (Å²) >= 11 is 0. The molecule has 0 bridgehead atoms. The van der Waals surface area contributed by atoms with E-state index in [4.69, 9.17) is 9.40 Å². The number of pyridine rings is 1. The van der Waals surface area contributed by atoms with Gasteiger partial charge in [0.05, 0.1) is 11.2 Å². The van der Waals surface area contributed by atoms with Gasteiger partial charge >= 0.3 is 0 Å². The van der Waals surface area contributed by atoms with Gasteiger partial charge in [-0.05, 0) is 63.9 Å². The lowest BCUT2D eigenvalue weighted by Crippen LogP contribution is -2.64. The molecule has 0 spiro atoms. The van der Waals surface area contributed by atoms with Gasteiger partial charge in [-0.1, -0.05) is 13.8 Å². The van der Waals surface area contributed by atoms with Crippen LogP contribution < -0.4 is 0 Å². The average Bonchev–Trinajstić information content (AvgIpc) is 3.20. The van der Waals surface area contributed by atoms with Gasteiger partial charge in [0.25, 0.3) is 11.8 Å². The van der Waals surface area contributed by atoms with Crippen LogP contribution in [-0.4, -0.2) is 62.5 Å². The molecule has 0 saturated carbocycles. The molecule has 0 aliphatic carbocycles. The summed E-state index contributed by atoms with van der Waals surface area (Å²) in [5.41, 5.74) is 1.35. The predicted molar refractivity (Wildman–Crippen MR) is 131 cm³/mol. The lowest BCUT2D eigenvalue weighted by molar-refractivity contribution is -0.152. The van der Waals surface area contributed by atoms with Gasteiger partial charge in [-0.3, -0.25) is 9.59 Å². The first kappa shape index (κ1) is 24.9. The maximum atomic E-state index is 13.5. The smallest absolute Gasteiger partial charge is 0.290 e. The van der Waals surface area contributed by atoms with E-state index in [9.17, 15) is 19.1 Å². The van der Waals surface area contributed by atoms with Crippen LogP contribution in [0.3, 0.4) is 0 Å². The van der Waals surface area contributed by atoms with E-state index >= 15 is 0 Å². The van der Waals surface area contributed by atoms with Crippen molar-refractivity contribution in [3.8, 4) is 11.3 Å². The molecule has 1 saturated heterocycles. The highest BCUT2D eigenvalue weighted by molar-refractivity contribution is 5.97. The fraction of sp³-hybridized carbons (Fsp3) is 0.444. The SMILES string of the molecule is CC(C)c1cc(-c2ccc(F)cc2)nc2cc(C(=O)N3CCN(C(=O)C(C)(C)O)CC3(C)C)oc12. The number of hydrogen-bond donors (Lipinski definition) is 1. The molecule has 1 aromatic carbocycles. The van der Waals surface area contributed by atoms with E-state index in [-0.39, 0.29) is 29.3 Å². The molecule has 0 unspecified atom stereocenters. The zero-order chi connectivity index (χ0) is 25.7. The van der Waals surface area contributed by atoms with E-state index in [0.717, 1.165) is 11.1 Å². The third-order valence-corrected chi connectivity index (χ3v) is 6.44. The van der Waals surface area contributed by atoms with Gasteiger partial charge in [-0.2, -0.15) is 0 Å². The number of rotatable bonds is 4. The quantitative estimate of drug-likeness (QED) is 0.589. The van der Waals surface area contributed by atoms with Gasteiger partial charge < -0.3 is 19.3 Å². The summed E-state index contributed by atoms with van der Waals surface area (Å²) in [6, 6.07) is 9.72. The number of hydrogen-bond acceptors (Lipinski definition) is 5. The molecule has 2 amide bonds. The van der Waals surface area contributed by atoms with Crippen molar-refractivity contribution in [3.05, 3.63) is 53.5 Å². The van der Waals surface area contributed by atoms with Crippen LogP contribution in [0.2, 0.25) is 0 Å². The Morgan fingerprint density at radius 2 is 1.80 bits per heavy atom. The minimum Gasteiger partial charge on any atom is -0.449 e. The van der Waals surface area contributed by atoms with Crippen LogP contribution in [0.5, 0.6) is 0 Å². The summed E-state index contributed by atoms with van der Waals surface area (Å²) in [5, 5.41) is 10.1. The second-order valence-electron chi connectivity index (χ2n) is 10.6. The van der Waals surface area contributed by atoms with Crippen molar-refractivity contribution in [2.24, 2.45) is 0 Å². The number of aliphatic hydroxyl groups is 1. The monoisotopic (exact) mass is 481 g/mol. The molecule has 1 aliphatic rings. The van der Waals surface area contributed by atoms with Crippen LogP contribution in [0.1, 0.15) is 63.6 Å². The second kappa shape index (κ2) is 8.75. The Hall–Kier alpha value is -3.26. The Morgan fingerprint density at radius 1 is 1.14 bits per heavy atom. The van der Waals surface area contributed by atoms with E-state index in [1.807, 2.05) is 33.8 Å². The van der Waals surface area contributed by atoms with E-state index in [1.54, 1.807) is 28.0 Å². The minimum absolute atomic E-state index is 0.113. The van der Waals surface area contributed by atoms with E-state index in [0.29, 0.717) is 36.4 Å². The third kappa shape index (κ3) is 4.80. The second-order valence-corrected chi connectivity index (χ2v) is 10.6. The van der Waals surface area contributed by atoms with Crippen molar-refractivity contribution >= 4 is 22.9 Å². The maximum Gasteiger partial charge on any atom is 0.290 e. The maximum absolute atomic E-state index is 13.5. The first-order valence-corrected chi connectivity index (χ1v) is 11.8. The number of benzene rings is 1. The van der Waals surface area contributed by atoms with Crippen LogP contribution in [0.25, 0.3) is 22.4 Å². The molecule has 8 heteroatoms. The van der Waals surface area contributed by atoms with Crippen LogP contribution in [-0.2, 0) is 4.79 Å². The Morgan fingerprint density at radius 3 is 2.37 bits per heavy atom. The molecule has 3 aromatic rings. The molecule has 4 rings (SSSR count). The lowest BCUT2D eigenvalue weighted by atomic mass is 9.96. The lowest BCUT2D eigenvalue weighted by Gasteiger charge is -2.47. The van der Waals surface area contributed by atoms with Crippen LogP contribution in [0, 0.1) is 5.82 Å². The molecule has 0 radical (unpaired) electrons. The third-order valence-electron chi connectivity index (χ3n) is 6.44. The van der Waals surface area contributed by atoms with Crippen molar-refractivity contribution < 1.29 is 23.5 Å². The molecule has 1 N–H and O–H groups in total. The normalized spacial score (nSPS) is 16.3. The Bertz CT molecular complexity index is 1270. The molecule has 1 aliphatic heterocycles. The number of furan rings is 1. The highest BCUT2D eigenvalue weighted by Gasteiger charge is 2.42. The Kier molecular flexibility index (Phi) is 6.21. The van der Waals surface area contributed by atoms with Gasteiger partial charge in [0.2, 0.25) is 0 Å². The molecule has 35 heavy (non-hydrogen) atoms. The molecular weight excluding hydrogens is 449 g/mol. The zero-order valence-electron chi connectivity index (χ0n) is 21.1. The molecule has 7 nitrogen and oxygen atoms in total. The van der Waals surface area contributed by atoms with Crippen LogP contribution >= 0.6 is 0 Å². The van der Waals surface area contributed by atoms with Gasteiger partial charge in [0, 0.05) is 36.8 Å². The predicted octanol–water partition coefficient (Wildman–Crippen LogP) is 4.59. The fourth-order valence-electron chi connectivity index (χ4n) is 4.57. The Balaban J connectivity index is 1.67. The number of fused-ring (bicyclic) bond motifs is 1. The summed E-state index contributed by atoms with van der Waals surface area (Å²) in [4.78, 5) is 34.1. The zero-order valence-corrected chi connectivity index (χ0v) is 21.1. The summed E-state index contributed by atoms with van der Waals surface area (Å²) in [6.45, 7) is 11.7. The van der Waals surface area contributed by atoms with E-state index < -0.39 is 11.1 Å². The molecular formula is C27H32FN3O4. The summed E-state index contributed by atoms with van der Waals surface area (Å²) in [5.74, 6) is -0.661. The number of amides is 2. The standard InChI is InChI=1S/C27H32FN3O4/c1-16(2)19-13-20(17-7-9-18(28)10-8-17)29-21-14-22(35-23(19)21)24(32)31-12-11-30(15-26(31,3)4)25(33)27(5,6)34/h7-10,13-14,16,34H,11-12,15H2,1-6H3. The molecule has 0 atom stereocenters. The highest BCUT2D eigenvalue weighted by atomic mass is 19.1. The van der Waals surface area contributed by atoms with Crippen molar-refractivity contribution in [2.45, 2.75) is 58.6 Å². The number of carbonyl (C=O) groups is 2. The molecule has 3 heterocycles. The summed E-state index contributed by atoms with van der Waals surface area (Å²) in [7, 11) is 0.